The number of carbonyl (C=O) groups is 1. The summed E-state index contributed by atoms with van der Waals surface area (Å²) in [4.78, 5) is 12.3. The zero-order valence-electron chi connectivity index (χ0n) is 10.0. The lowest BCUT2D eigenvalue weighted by Gasteiger charge is -2.03. The second-order valence-corrected chi connectivity index (χ2v) is 5.34. The van der Waals surface area contributed by atoms with E-state index in [1.54, 1.807) is 6.07 Å². The number of nitrogens with zero attached hydrogens (tertiary/aromatic N) is 2. The second-order valence-electron chi connectivity index (χ2n) is 4.08. The molecule has 0 amide bonds. The van der Waals surface area contributed by atoms with E-state index >= 15 is 0 Å². The first-order valence-electron chi connectivity index (χ1n) is 5.31. The van der Waals surface area contributed by atoms with Crippen LogP contribution in [0.3, 0.4) is 0 Å². The molecule has 0 aliphatic carbocycles. The number of rotatable bonds is 3. The molecule has 2 rings (SSSR count). The number of hydrogen-bond acceptors (Lipinski definition) is 3. The van der Waals surface area contributed by atoms with Gasteiger partial charge >= 0.3 is 5.97 Å². The van der Waals surface area contributed by atoms with Crippen LogP contribution < -0.4 is 0 Å². The van der Waals surface area contributed by atoms with Gasteiger partial charge < -0.3 is 5.11 Å². The summed E-state index contributed by atoms with van der Waals surface area (Å²) in [6, 6.07) is 3.75. The van der Waals surface area contributed by atoms with Gasteiger partial charge in [0.2, 0.25) is 0 Å². The molecule has 0 atom stereocenters. The van der Waals surface area contributed by atoms with Crippen molar-refractivity contribution in [2.45, 2.75) is 27.3 Å². The van der Waals surface area contributed by atoms with Gasteiger partial charge in [0.1, 0.15) is 4.88 Å². The van der Waals surface area contributed by atoms with E-state index in [9.17, 15) is 4.79 Å². The van der Waals surface area contributed by atoms with Crippen molar-refractivity contribution in [1.82, 2.24) is 9.78 Å². The van der Waals surface area contributed by atoms with Crippen LogP contribution in [0.5, 0.6) is 0 Å². The fourth-order valence-electron chi connectivity index (χ4n) is 1.78. The minimum absolute atomic E-state index is 0.388. The van der Waals surface area contributed by atoms with E-state index in [1.807, 2.05) is 31.5 Å². The molecule has 4 nitrogen and oxygen atoms in total. The van der Waals surface area contributed by atoms with Crippen molar-refractivity contribution >= 4 is 17.3 Å². The van der Waals surface area contributed by atoms with Crippen molar-refractivity contribution in [2.75, 3.05) is 0 Å². The second kappa shape index (κ2) is 4.33. The van der Waals surface area contributed by atoms with Crippen LogP contribution in [0.15, 0.2) is 12.1 Å². The van der Waals surface area contributed by atoms with E-state index in [0.717, 1.165) is 21.8 Å². The van der Waals surface area contributed by atoms with E-state index in [4.69, 9.17) is 5.11 Å². The predicted octanol–water partition coefficient (Wildman–Crippen LogP) is 2.62. The summed E-state index contributed by atoms with van der Waals surface area (Å²) in [5.74, 6) is -0.863. The highest BCUT2D eigenvalue weighted by atomic mass is 32.1. The first-order valence-corrected chi connectivity index (χ1v) is 6.12. The topological polar surface area (TPSA) is 55.1 Å². The molecule has 0 bridgehead atoms. The van der Waals surface area contributed by atoms with Crippen molar-refractivity contribution < 1.29 is 9.90 Å². The van der Waals surface area contributed by atoms with Gasteiger partial charge in [-0.1, -0.05) is 0 Å². The number of aromatic nitrogens is 2. The Kier molecular flexibility index (Phi) is 3.02. The highest BCUT2D eigenvalue weighted by Crippen LogP contribution is 2.22. The van der Waals surface area contributed by atoms with Gasteiger partial charge in [0.05, 0.1) is 12.2 Å². The molecular weight excluding hydrogens is 236 g/mol. The standard InChI is InChI=1S/C12H14N2O2S/c1-7-4-8(2)14(13-7)6-10-5-11(12(15)16)17-9(10)3/h4-5H,6H2,1-3H3,(H,15,16). The van der Waals surface area contributed by atoms with Crippen LogP contribution in [0.1, 0.15) is 31.5 Å². The Balaban J connectivity index is 2.30. The van der Waals surface area contributed by atoms with Gasteiger partial charge in [-0.3, -0.25) is 4.68 Å². The highest BCUT2D eigenvalue weighted by Gasteiger charge is 2.12. The molecular formula is C12H14N2O2S. The lowest BCUT2D eigenvalue weighted by atomic mass is 10.2. The lowest BCUT2D eigenvalue weighted by molar-refractivity contribution is 0.0702. The maximum atomic E-state index is 10.9. The van der Waals surface area contributed by atoms with Crippen molar-refractivity contribution in [3.63, 3.8) is 0 Å². The molecule has 0 aliphatic heterocycles. The molecule has 0 spiro atoms. The molecule has 0 radical (unpaired) electrons. The van der Waals surface area contributed by atoms with Crippen LogP contribution in [-0.4, -0.2) is 20.9 Å². The number of carboxylic acid groups (broad SMARTS) is 1. The average molecular weight is 250 g/mol. The first kappa shape index (κ1) is 11.9. The maximum absolute atomic E-state index is 10.9. The molecule has 0 unspecified atom stereocenters. The summed E-state index contributed by atoms with van der Waals surface area (Å²) in [6.45, 7) is 6.53. The van der Waals surface area contributed by atoms with E-state index < -0.39 is 5.97 Å². The fraction of sp³-hybridized carbons (Fsp3) is 0.333. The molecule has 2 heterocycles. The first-order chi connectivity index (χ1) is 7.97. The van der Waals surface area contributed by atoms with Crippen LogP contribution in [0, 0.1) is 20.8 Å². The van der Waals surface area contributed by atoms with Crippen molar-refractivity contribution in [3.05, 3.63) is 38.8 Å². The van der Waals surface area contributed by atoms with Gasteiger partial charge in [0.25, 0.3) is 0 Å². The maximum Gasteiger partial charge on any atom is 0.345 e. The quantitative estimate of drug-likeness (QED) is 0.911. The van der Waals surface area contributed by atoms with Gasteiger partial charge in [-0.15, -0.1) is 11.3 Å². The largest absolute Gasteiger partial charge is 0.477 e. The molecule has 0 aliphatic rings. The Morgan fingerprint density at radius 1 is 1.41 bits per heavy atom. The minimum Gasteiger partial charge on any atom is -0.477 e. The van der Waals surface area contributed by atoms with Gasteiger partial charge in [0, 0.05) is 10.6 Å². The van der Waals surface area contributed by atoms with Gasteiger partial charge in [-0.05, 0) is 38.5 Å². The Labute approximate surface area is 104 Å². The lowest BCUT2D eigenvalue weighted by Crippen LogP contribution is -2.04. The summed E-state index contributed by atoms with van der Waals surface area (Å²) in [5, 5.41) is 13.3. The molecule has 2 aromatic heterocycles. The molecule has 0 saturated carbocycles. The molecule has 0 fully saturated rings. The third-order valence-electron chi connectivity index (χ3n) is 2.65. The minimum atomic E-state index is -0.863. The van der Waals surface area contributed by atoms with Crippen molar-refractivity contribution in [2.24, 2.45) is 0 Å². The Hall–Kier alpha value is -1.62. The van der Waals surface area contributed by atoms with Crippen molar-refractivity contribution in [3.8, 4) is 0 Å². The number of aryl methyl sites for hydroxylation is 3. The van der Waals surface area contributed by atoms with Crippen LogP contribution in [0.2, 0.25) is 0 Å². The summed E-state index contributed by atoms with van der Waals surface area (Å²) < 4.78 is 1.90. The smallest absolute Gasteiger partial charge is 0.345 e. The van der Waals surface area contributed by atoms with Crippen LogP contribution >= 0.6 is 11.3 Å². The zero-order chi connectivity index (χ0) is 12.6. The Morgan fingerprint density at radius 3 is 2.59 bits per heavy atom. The van der Waals surface area contributed by atoms with E-state index in [2.05, 4.69) is 5.10 Å². The van der Waals surface area contributed by atoms with E-state index in [-0.39, 0.29) is 0 Å². The molecule has 2 aromatic rings. The SMILES string of the molecule is Cc1cc(C)n(Cc2cc(C(=O)O)sc2C)n1. The predicted molar refractivity (Wildman–Crippen MR) is 66.8 cm³/mol. The monoisotopic (exact) mass is 250 g/mol. The third-order valence-corrected chi connectivity index (χ3v) is 3.74. The number of hydrogen-bond donors (Lipinski definition) is 1. The van der Waals surface area contributed by atoms with Gasteiger partial charge in [-0.25, -0.2) is 4.79 Å². The molecule has 90 valence electrons. The average Bonchev–Trinajstić information content (AvgIpc) is 2.73. The zero-order valence-corrected chi connectivity index (χ0v) is 10.8. The van der Waals surface area contributed by atoms with Gasteiger partial charge in [-0.2, -0.15) is 5.10 Å². The third kappa shape index (κ3) is 2.39. The summed E-state index contributed by atoms with van der Waals surface area (Å²) in [7, 11) is 0. The molecule has 0 saturated heterocycles. The van der Waals surface area contributed by atoms with Crippen LogP contribution in [0.4, 0.5) is 0 Å². The Morgan fingerprint density at radius 2 is 2.12 bits per heavy atom. The fourth-order valence-corrected chi connectivity index (χ4v) is 2.65. The summed E-state index contributed by atoms with van der Waals surface area (Å²) in [6.07, 6.45) is 0. The molecule has 5 heteroatoms. The summed E-state index contributed by atoms with van der Waals surface area (Å²) >= 11 is 1.31. The normalized spacial score (nSPS) is 10.8. The number of thiophene rings is 1. The highest BCUT2D eigenvalue weighted by molar-refractivity contribution is 7.14. The van der Waals surface area contributed by atoms with Crippen molar-refractivity contribution in [1.29, 1.82) is 0 Å². The number of carboxylic acids is 1. The van der Waals surface area contributed by atoms with Gasteiger partial charge in [0.15, 0.2) is 0 Å². The Bertz CT molecular complexity index is 569. The summed E-state index contributed by atoms with van der Waals surface area (Å²) in [5.41, 5.74) is 3.09. The number of aromatic carboxylic acids is 1. The van der Waals surface area contributed by atoms with E-state index in [0.29, 0.717) is 11.4 Å². The molecule has 0 aromatic carbocycles. The molecule has 1 N–H and O–H groups in total. The van der Waals surface area contributed by atoms with E-state index in [1.165, 1.54) is 11.3 Å². The van der Waals surface area contributed by atoms with Crippen LogP contribution in [-0.2, 0) is 6.54 Å². The van der Waals surface area contributed by atoms with Crippen LogP contribution in [0.25, 0.3) is 0 Å². The molecule has 17 heavy (non-hydrogen) atoms.